The molecule has 0 radical (unpaired) electrons. The van der Waals surface area contributed by atoms with E-state index < -0.39 is 0 Å². The number of aryl methyl sites for hydroxylation is 2. The minimum Gasteiger partial charge on any atom is -0.346 e. The van der Waals surface area contributed by atoms with Gasteiger partial charge in [0.05, 0.1) is 12.2 Å². The average Bonchev–Trinajstić information content (AvgIpc) is 3.53. The summed E-state index contributed by atoms with van der Waals surface area (Å²) in [7, 11) is 0. The van der Waals surface area contributed by atoms with Gasteiger partial charge in [-0.05, 0) is 74.1 Å². The lowest BCUT2D eigenvalue weighted by Crippen LogP contribution is -2.37. The predicted octanol–water partition coefficient (Wildman–Crippen LogP) is 5.45. The molecule has 1 saturated carbocycles. The smallest absolute Gasteiger partial charge is 0.158 e. The fourth-order valence-electron chi connectivity index (χ4n) is 6.49. The Morgan fingerprint density at radius 3 is 2.82 bits per heavy atom. The highest BCUT2D eigenvalue weighted by atomic mass is 32.1. The zero-order valence-electron chi connectivity index (χ0n) is 20.0. The van der Waals surface area contributed by atoms with Crippen LogP contribution in [0.1, 0.15) is 67.0 Å². The third-order valence-electron chi connectivity index (χ3n) is 7.80. The van der Waals surface area contributed by atoms with Crippen LogP contribution in [0, 0.1) is 19.8 Å². The third-order valence-corrected chi connectivity index (χ3v) is 9.14. The number of pyridine rings is 1. The van der Waals surface area contributed by atoms with E-state index in [0.717, 1.165) is 17.8 Å². The van der Waals surface area contributed by atoms with Crippen LogP contribution in [0.25, 0.3) is 27.1 Å². The third kappa shape index (κ3) is 3.20. The number of rotatable bonds is 5. The van der Waals surface area contributed by atoms with Crippen LogP contribution in [-0.2, 0) is 4.79 Å². The molecular formula is C26H31N5OS. The number of likely N-dealkylation sites (tertiary alicyclic amines) is 1. The quantitative estimate of drug-likeness (QED) is 0.429. The van der Waals surface area contributed by atoms with E-state index in [4.69, 9.17) is 0 Å². The molecule has 6 nitrogen and oxygen atoms in total. The van der Waals surface area contributed by atoms with Crippen molar-refractivity contribution >= 4 is 33.0 Å². The second-order valence-electron chi connectivity index (χ2n) is 10.4. The maximum Gasteiger partial charge on any atom is 0.158 e. The van der Waals surface area contributed by atoms with E-state index in [1.54, 1.807) is 18.1 Å². The summed E-state index contributed by atoms with van der Waals surface area (Å²) in [5.74, 6) is 2.00. The van der Waals surface area contributed by atoms with Gasteiger partial charge in [-0.2, -0.15) is 5.10 Å². The van der Waals surface area contributed by atoms with E-state index in [2.05, 4.69) is 59.9 Å². The number of H-pyrrole nitrogens is 1. The Bertz CT molecular complexity index is 1390. The number of carbonyl (C=O) groups excluding carboxylic acids is 1. The van der Waals surface area contributed by atoms with Crippen LogP contribution in [0.3, 0.4) is 0 Å². The standard InChI is InChI=1S/C26H31N5OS/c1-13(2)21-22-16(5)24(20-8-19-7-17(20)10-30(19)9-15(4)32)33-26(22)29-23(21)18-6-14(3)25-27-12-28-31(25)11-18/h6,11-13,17,19-20,29H,7-10H2,1-5H3/t17-,19?,20?/m0/s1. The molecule has 4 aromatic rings. The molecule has 172 valence electrons. The van der Waals surface area contributed by atoms with Gasteiger partial charge in [0.1, 0.15) is 16.9 Å². The Morgan fingerprint density at radius 1 is 1.30 bits per heavy atom. The fraction of sp³-hybridized carbons (Fsp3) is 0.500. The van der Waals surface area contributed by atoms with Crippen LogP contribution < -0.4 is 0 Å². The van der Waals surface area contributed by atoms with Crippen molar-refractivity contribution in [3.8, 4) is 11.3 Å². The number of hydrogen-bond donors (Lipinski definition) is 1. The molecule has 5 heterocycles. The van der Waals surface area contributed by atoms with Crippen LogP contribution in [0.4, 0.5) is 0 Å². The van der Waals surface area contributed by atoms with E-state index in [1.165, 1.54) is 45.4 Å². The molecule has 1 saturated heterocycles. The van der Waals surface area contributed by atoms with Gasteiger partial charge < -0.3 is 4.98 Å². The van der Waals surface area contributed by atoms with Gasteiger partial charge in [0.25, 0.3) is 0 Å². The Hall–Kier alpha value is -2.51. The van der Waals surface area contributed by atoms with Crippen molar-refractivity contribution in [2.75, 3.05) is 13.1 Å². The molecule has 33 heavy (non-hydrogen) atoms. The van der Waals surface area contributed by atoms with E-state index in [0.29, 0.717) is 30.3 Å². The molecule has 0 spiro atoms. The molecule has 2 bridgehead atoms. The molecule has 1 aliphatic heterocycles. The average molecular weight is 462 g/mol. The maximum absolute atomic E-state index is 11.6. The van der Waals surface area contributed by atoms with Crippen LogP contribution in [0.2, 0.25) is 0 Å². The molecule has 7 heteroatoms. The second-order valence-corrected chi connectivity index (χ2v) is 11.5. The molecule has 0 amide bonds. The van der Waals surface area contributed by atoms with E-state index >= 15 is 0 Å². The van der Waals surface area contributed by atoms with Gasteiger partial charge in [0.15, 0.2) is 5.65 Å². The summed E-state index contributed by atoms with van der Waals surface area (Å²) in [5, 5.41) is 5.80. The Labute approximate surface area is 198 Å². The lowest BCUT2D eigenvalue weighted by molar-refractivity contribution is -0.118. The summed E-state index contributed by atoms with van der Waals surface area (Å²) in [6.45, 7) is 12.4. The topological polar surface area (TPSA) is 66.3 Å². The molecule has 1 N–H and O–H groups in total. The number of carbonyl (C=O) groups is 1. The summed E-state index contributed by atoms with van der Waals surface area (Å²) < 4.78 is 1.88. The zero-order valence-corrected chi connectivity index (χ0v) is 20.8. The van der Waals surface area contributed by atoms with Gasteiger partial charge in [-0.15, -0.1) is 11.3 Å². The maximum atomic E-state index is 11.6. The highest BCUT2D eigenvalue weighted by Crippen LogP contribution is 2.52. The van der Waals surface area contributed by atoms with Gasteiger partial charge in [-0.1, -0.05) is 13.8 Å². The molecule has 1 aliphatic carbocycles. The van der Waals surface area contributed by atoms with Gasteiger partial charge in [-0.25, -0.2) is 9.50 Å². The Kier molecular flexibility index (Phi) is 4.79. The van der Waals surface area contributed by atoms with Crippen LogP contribution >= 0.6 is 11.3 Å². The van der Waals surface area contributed by atoms with Crippen molar-refractivity contribution < 1.29 is 4.79 Å². The summed E-state index contributed by atoms with van der Waals surface area (Å²) in [4.78, 5) is 25.1. The van der Waals surface area contributed by atoms with Crippen molar-refractivity contribution in [3.63, 3.8) is 0 Å². The summed E-state index contributed by atoms with van der Waals surface area (Å²) in [6, 6.07) is 2.79. The number of nitrogens with zero attached hydrogens (tertiary/aromatic N) is 4. The van der Waals surface area contributed by atoms with E-state index in [1.807, 2.05) is 15.9 Å². The number of ketones is 1. The number of aromatic amines is 1. The van der Waals surface area contributed by atoms with Crippen molar-refractivity contribution in [1.82, 2.24) is 24.5 Å². The lowest BCUT2D eigenvalue weighted by atomic mass is 9.89. The minimum absolute atomic E-state index is 0.285. The highest BCUT2D eigenvalue weighted by molar-refractivity contribution is 7.19. The number of Topliss-reactive ketones (excluding diaryl/α,β-unsaturated/α-hetero) is 1. The summed E-state index contributed by atoms with van der Waals surface area (Å²) in [5.41, 5.74) is 7.28. The summed E-state index contributed by atoms with van der Waals surface area (Å²) >= 11 is 1.96. The van der Waals surface area contributed by atoms with Gasteiger partial charge in [0, 0.05) is 34.6 Å². The molecule has 6 rings (SSSR count). The van der Waals surface area contributed by atoms with Crippen molar-refractivity contribution in [3.05, 3.63) is 40.2 Å². The first-order chi connectivity index (χ1) is 15.8. The molecule has 2 aliphatic rings. The predicted molar refractivity (Wildman–Crippen MR) is 133 cm³/mol. The fourth-order valence-corrected chi connectivity index (χ4v) is 7.92. The van der Waals surface area contributed by atoms with E-state index in [9.17, 15) is 4.79 Å². The highest BCUT2D eigenvalue weighted by Gasteiger charge is 2.46. The molecule has 0 aromatic carbocycles. The lowest BCUT2D eigenvalue weighted by Gasteiger charge is -2.30. The Balaban J connectivity index is 1.41. The Morgan fingerprint density at radius 2 is 2.12 bits per heavy atom. The largest absolute Gasteiger partial charge is 0.346 e. The van der Waals surface area contributed by atoms with Crippen molar-refractivity contribution in [2.45, 2.75) is 65.3 Å². The van der Waals surface area contributed by atoms with Gasteiger partial charge in [-0.3, -0.25) is 9.69 Å². The van der Waals surface area contributed by atoms with Gasteiger partial charge >= 0.3 is 0 Å². The van der Waals surface area contributed by atoms with Crippen LogP contribution in [0.5, 0.6) is 0 Å². The molecule has 2 fully saturated rings. The second kappa shape index (κ2) is 7.50. The molecular weight excluding hydrogens is 430 g/mol. The van der Waals surface area contributed by atoms with Crippen molar-refractivity contribution in [2.24, 2.45) is 5.92 Å². The number of nitrogens with one attached hydrogen (secondary N) is 1. The molecule has 3 atom stereocenters. The first-order valence-corrected chi connectivity index (χ1v) is 12.8. The number of fused-ring (bicyclic) bond motifs is 4. The van der Waals surface area contributed by atoms with Crippen molar-refractivity contribution in [1.29, 1.82) is 0 Å². The number of aromatic nitrogens is 4. The summed E-state index contributed by atoms with van der Waals surface area (Å²) in [6.07, 6.45) is 6.13. The molecule has 4 aromatic heterocycles. The zero-order chi connectivity index (χ0) is 23.0. The van der Waals surface area contributed by atoms with Gasteiger partial charge in [0.2, 0.25) is 0 Å². The number of piperidine rings is 1. The first-order valence-electron chi connectivity index (χ1n) is 12.0. The van der Waals surface area contributed by atoms with Crippen LogP contribution in [0.15, 0.2) is 18.6 Å². The normalized spacial score (nSPS) is 23.0. The monoisotopic (exact) mass is 461 g/mol. The molecule has 2 unspecified atom stereocenters. The number of hydrogen-bond acceptors (Lipinski definition) is 5. The first kappa shape index (κ1) is 21.1. The number of thiophene rings is 1. The van der Waals surface area contributed by atoms with E-state index in [-0.39, 0.29) is 5.78 Å². The minimum atomic E-state index is 0.285. The SMILES string of the molecule is CC(=O)CN1C[C@@H]2CC1CC2c1sc2[nH]c(-c3cc(C)c4ncnn4c3)c(C(C)C)c2c1C. The van der Waals surface area contributed by atoms with Crippen LogP contribution in [-0.4, -0.2) is 49.4 Å².